The zero-order valence-corrected chi connectivity index (χ0v) is 12.2. The van der Waals surface area contributed by atoms with Crippen LogP contribution < -0.4 is 5.32 Å². The molecule has 1 heterocycles. The van der Waals surface area contributed by atoms with Crippen molar-refractivity contribution in [2.24, 2.45) is 0 Å². The number of nitrogens with one attached hydrogen (secondary N) is 2. The number of anilines is 1. The molecule has 0 aliphatic rings. The Balaban J connectivity index is 1.80. The Kier molecular flexibility index (Phi) is 3.23. The molecule has 0 fully saturated rings. The fourth-order valence-electron chi connectivity index (χ4n) is 2.57. The number of fused-ring (bicyclic) bond motifs is 1. The molecule has 0 aliphatic heterocycles. The van der Waals surface area contributed by atoms with Crippen LogP contribution in [0.5, 0.6) is 0 Å². The van der Waals surface area contributed by atoms with E-state index in [1.165, 1.54) is 33.2 Å². The van der Waals surface area contributed by atoms with Crippen molar-refractivity contribution in [2.45, 2.75) is 27.3 Å². The summed E-state index contributed by atoms with van der Waals surface area (Å²) in [6, 6.07) is 13.1. The first-order chi connectivity index (χ1) is 9.63. The molecule has 0 saturated heterocycles. The summed E-state index contributed by atoms with van der Waals surface area (Å²) in [7, 11) is 0. The molecule has 0 atom stereocenters. The topological polar surface area (TPSA) is 27.8 Å². The lowest BCUT2D eigenvalue weighted by Crippen LogP contribution is -2.02. The highest BCUT2D eigenvalue weighted by molar-refractivity contribution is 5.82. The molecule has 2 heteroatoms. The summed E-state index contributed by atoms with van der Waals surface area (Å²) in [6.45, 7) is 7.38. The van der Waals surface area contributed by atoms with Crippen LogP contribution in [0.25, 0.3) is 10.9 Å². The Bertz CT molecular complexity index is 753. The van der Waals surface area contributed by atoms with E-state index in [4.69, 9.17) is 0 Å². The first-order valence-electron chi connectivity index (χ1n) is 7.01. The molecule has 2 aromatic carbocycles. The van der Waals surface area contributed by atoms with Crippen LogP contribution in [-0.2, 0) is 6.54 Å². The Morgan fingerprint density at radius 2 is 1.70 bits per heavy atom. The summed E-state index contributed by atoms with van der Waals surface area (Å²) in [5.74, 6) is 0. The highest BCUT2D eigenvalue weighted by Crippen LogP contribution is 2.20. The molecule has 3 rings (SSSR count). The van der Waals surface area contributed by atoms with Crippen molar-refractivity contribution in [1.29, 1.82) is 0 Å². The third-order valence-corrected chi connectivity index (χ3v) is 3.99. The summed E-state index contributed by atoms with van der Waals surface area (Å²) in [5, 5.41) is 4.76. The Morgan fingerprint density at radius 1 is 0.900 bits per heavy atom. The van der Waals surface area contributed by atoms with Gasteiger partial charge in [0.1, 0.15) is 0 Å². The molecule has 0 spiro atoms. The number of H-pyrrole nitrogens is 1. The zero-order valence-electron chi connectivity index (χ0n) is 12.2. The number of benzene rings is 2. The summed E-state index contributed by atoms with van der Waals surface area (Å²) in [5.41, 5.74) is 7.77. The van der Waals surface area contributed by atoms with Crippen LogP contribution in [0.3, 0.4) is 0 Å². The van der Waals surface area contributed by atoms with Crippen molar-refractivity contribution < 1.29 is 0 Å². The second kappa shape index (κ2) is 5.04. The highest BCUT2D eigenvalue weighted by Gasteiger charge is 2.03. The number of hydrogen-bond donors (Lipinski definition) is 2. The largest absolute Gasteiger partial charge is 0.381 e. The van der Waals surface area contributed by atoms with Gasteiger partial charge in [-0.25, -0.2) is 0 Å². The van der Waals surface area contributed by atoms with Gasteiger partial charge in [-0.1, -0.05) is 12.1 Å². The van der Waals surface area contributed by atoms with E-state index < -0.39 is 0 Å². The molecule has 0 amide bonds. The minimum Gasteiger partial charge on any atom is -0.381 e. The smallest absolute Gasteiger partial charge is 0.0455 e. The SMILES string of the molecule is Cc1cc(C)c(CNc2ccc3[nH]ccc3c2)cc1C. The van der Waals surface area contributed by atoms with Gasteiger partial charge in [0.25, 0.3) is 0 Å². The minimum absolute atomic E-state index is 0.864. The summed E-state index contributed by atoms with van der Waals surface area (Å²) >= 11 is 0. The first kappa shape index (κ1) is 12.8. The molecule has 1 aromatic heterocycles. The molecule has 0 saturated carbocycles. The molecule has 102 valence electrons. The van der Waals surface area contributed by atoms with E-state index in [-0.39, 0.29) is 0 Å². The molecule has 20 heavy (non-hydrogen) atoms. The predicted octanol–water partition coefficient (Wildman–Crippen LogP) is 4.71. The van der Waals surface area contributed by atoms with Crippen LogP contribution >= 0.6 is 0 Å². The molecule has 2 N–H and O–H groups in total. The van der Waals surface area contributed by atoms with Crippen LogP contribution in [0.2, 0.25) is 0 Å². The first-order valence-corrected chi connectivity index (χ1v) is 7.01. The molecular formula is C18H20N2. The second-order valence-electron chi connectivity index (χ2n) is 5.50. The van der Waals surface area contributed by atoms with Crippen molar-refractivity contribution in [1.82, 2.24) is 4.98 Å². The van der Waals surface area contributed by atoms with Crippen molar-refractivity contribution >= 4 is 16.6 Å². The van der Waals surface area contributed by atoms with E-state index in [0.717, 1.165) is 12.2 Å². The van der Waals surface area contributed by atoms with Crippen molar-refractivity contribution in [3.05, 3.63) is 64.8 Å². The average molecular weight is 264 g/mol. The van der Waals surface area contributed by atoms with Crippen molar-refractivity contribution in [3.8, 4) is 0 Å². The second-order valence-corrected chi connectivity index (χ2v) is 5.50. The summed E-state index contributed by atoms with van der Waals surface area (Å²) in [4.78, 5) is 3.22. The van der Waals surface area contributed by atoms with Gasteiger partial charge in [0.05, 0.1) is 0 Å². The fourth-order valence-corrected chi connectivity index (χ4v) is 2.57. The molecule has 0 bridgehead atoms. The van der Waals surface area contributed by atoms with Gasteiger partial charge in [0.2, 0.25) is 0 Å². The molecule has 0 aliphatic carbocycles. The van der Waals surface area contributed by atoms with E-state index in [1.54, 1.807) is 0 Å². The standard InChI is InChI=1S/C18H20N2/c1-12-8-14(3)16(9-13(12)2)11-20-17-4-5-18-15(10-17)6-7-19-18/h4-10,19-20H,11H2,1-3H3. The van der Waals surface area contributed by atoms with Crippen LogP contribution in [0.15, 0.2) is 42.6 Å². The Morgan fingerprint density at radius 3 is 2.55 bits per heavy atom. The van der Waals surface area contributed by atoms with Gasteiger partial charge < -0.3 is 10.3 Å². The van der Waals surface area contributed by atoms with Gasteiger partial charge in [-0.2, -0.15) is 0 Å². The maximum absolute atomic E-state index is 3.52. The number of aromatic amines is 1. The van der Waals surface area contributed by atoms with Gasteiger partial charge in [-0.15, -0.1) is 0 Å². The maximum atomic E-state index is 3.52. The van der Waals surface area contributed by atoms with E-state index >= 15 is 0 Å². The quantitative estimate of drug-likeness (QED) is 0.704. The van der Waals surface area contributed by atoms with Crippen molar-refractivity contribution in [2.75, 3.05) is 5.32 Å². The molecular weight excluding hydrogens is 244 g/mol. The highest BCUT2D eigenvalue weighted by atomic mass is 14.9. The lowest BCUT2D eigenvalue weighted by atomic mass is 10.0. The van der Waals surface area contributed by atoms with E-state index in [9.17, 15) is 0 Å². The third kappa shape index (κ3) is 2.42. The zero-order chi connectivity index (χ0) is 14.1. The van der Waals surface area contributed by atoms with E-state index in [1.807, 2.05) is 6.20 Å². The number of hydrogen-bond acceptors (Lipinski definition) is 1. The number of rotatable bonds is 3. The van der Waals surface area contributed by atoms with Gasteiger partial charge in [-0.05, 0) is 67.3 Å². The Hall–Kier alpha value is -2.22. The molecule has 2 nitrogen and oxygen atoms in total. The Labute approximate surface area is 119 Å². The molecule has 0 radical (unpaired) electrons. The third-order valence-electron chi connectivity index (χ3n) is 3.99. The van der Waals surface area contributed by atoms with Gasteiger partial charge in [0.15, 0.2) is 0 Å². The van der Waals surface area contributed by atoms with Crippen LogP contribution in [0, 0.1) is 20.8 Å². The normalized spacial score (nSPS) is 10.9. The fraction of sp³-hybridized carbons (Fsp3) is 0.222. The molecule has 3 aromatic rings. The van der Waals surface area contributed by atoms with Crippen LogP contribution in [0.4, 0.5) is 5.69 Å². The number of aryl methyl sites for hydroxylation is 3. The minimum atomic E-state index is 0.864. The number of aromatic nitrogens is 1. The average Bonchev–Trinajstić information content (AvgIpc) is 2.89. The van der Waals surface area contributed by atoms with Gasteiger partial charge >= 0.3 is 0 Å². The summed E-state index contributed by atoms with van der Waals surface area (Å²) < 4.78 is 0. The lowest BCUT2D eigenvalue weighted by Gasteiger charge is -2.12. The van der Waals surface area contributed by atoms with E-state index in [0.29, 0.717) is 0 Å². The van der Waals surface area contributed by atoms with Crippen LogP contribution in [0.1, 0.15) is 22.3 Å². The van der Waals surface area contributed by atoms with Crippen molar-refractivity contribution in [3.63, 3.8) is 0 Å². The lowest BCUT2D eigenvalue weighted by molar-refractivity contribution is 1.10. The van der Waals surface area contributed by atoms with Crippen LogP contribution in [-0.4, -0.2) is 4.98 Å². The van der Waals surface area contributed by atoms with Gasteiger partial charge in [0, 0.05) is 29.3 Å². The maximum Gasteiger partial charge on any atom is 0.0455 e. The van der Waals surface area contributed by atoms with Gasteiger partial charge in [-0.3, -0.25) is 0 Å². The monoisotopic (exact) mass is 264 g/mol. The van der Waals surface area contributed by atoms with E-state index in [2.05, 4.69) is 67.5 Å². The molecule has 0 unspecified atom stereocenters. The summed E-state index contributed by atoms with van der Waals surface area (Å²) in [6.07, 6.45) is 1.97. The predicted molar refractivity (Wildman–Crippen MR) is 86.3 cm³/mol.